The van der Waals surface area contributed by atoms with E-state index in [1.807, 2.05) is 6.92 Å². The highest BCUT2D eigenvalue weighted by molar-refractivity contribution is 5.16. The van der Waals surface area contributed by atoms with Gasteiger partial charge in [-0.05, 0) is 105 Å². The first-order valence-electron chi connectivity index (χ1n) is 10.6. The Balaban J connectivity index is 1.59. The maximum Gasteiger partial charge on any atom is 0.125 e. The fraction of sp³-hybridized carbons (Fsp3) is 0.913. The molecule has 140 valence electrons. The summed E-state index contributed by atoms with van der Waals surface area (Å²) in [6.45, 7) is 6.99. The zero-order valence-corrected chi connectivity index (χ0v) is 16.3. The van der Waals surface area contributed by atoms with Crippen LogP contribution in [-0.4, -0.2) is 21.9 Å². The van der Waals surface area contributed by atoms with Gasteiger partial charge in [-0.3, -0.25) is 0 Å². The molecule has 0 aromatic heterocycles. The van der Waals surface area contributed by atoms with E-state index in [0.29, 0.717) is 22.7 Å². The molecule has 0 radical (unpaired) electrons. The Morgan fingerprint density at radius 3 is 2.36 bits per heavy atom. The molecular formula is C23H36O2. The van der Waals surface area contributed by atoms with Crippen molar-refractivity contribution in [2.75, 3.05) is 0 Å². The van der Waals surface area contributed by atoms with Crippen LogP contribution in [0.1, 0.15) is 78.6 Å². The van der Waals surface area contributed by atoms with Gasteiger partial charge in [0.05, 0.1) is 6.10 Å². The number of hydrogen-bond donors (Lipinski definition) is 2. The fourth-order valence-electron chi connectivity index (χ4n) is 8.21. The van der Waals surface area contributed by atoms with Gasteiger partial charge in [-0.15, -0.1) is 6.42 Å². The standard InChI is InChI=1S/C23H36O2/c1-5-23(25)13-12-21(3)16(14-23)6-7-17-19-9-8-18(15(2)24)22(19,4)11-10-20(17)21/h1,15-20,24-25H,6-14H2,2-4H3/t15?,16-,17+,18-,19+,20+,21+,22-,23-/m1/s1. The van der Waals surface area contributed by atoms with Crippen LogP contribution in [0.15, 0.2) is 0 Å². The van der Waals surface area contributed by atoms with Gasteiger partial charge in [-0.25, -0.2) is 0 Å². The lowest BCUT2D eigenvalue weighted by Gasteiger charge is -2.61. The second-order valence-electron chi connectivity index (χ2n) is 10.5. The number of fused-ring (bicyclic) bond motifs is 5. The molecule has 0 spiro atoms. The lowest BCUT2D eigenvalue weighted by molar-refractivity contribution is -0.142. The van der Waals surface area contributed by atoms with E-state index in [9.17, 15) is 10.2 Å². The van der Waals surface area contributed by atoms with Gasteiger partial charge >= 0.3 is 0 Å². The van der Waals surface area contributed by atoms with Crippen LogP contribution >= 0.6 is 0 Å². The van der Waals surface area contributed by atoms with Crippen LogP contribution in [0.3, 0.4) is 0 Å². The normalized spacial score (nSPS) is 56.2. The van der Waals surface area contributed by atoms with E-state index in [2.05, 4.69) is 19.8 Å². The first-order valence-corrected chi connectivity index (χ1v) is 10.6. The van der Waals surface area contributed by atoms with Crippen molar-refractivity contribution in [1.29, 1.82) is 0 Å². The summed E-state index contributed by atoms with van der Waals surface area (Å²) in [7, 11) is 0. The van der Waals surface area contributed by atoms with Crippen LogP contribution in [0.4, 0.5) is 0 Å². The van der Waals surface area contributed by atoms with E-state index in [1.54, 1.807) is 0 Å². The van der Waals surface area contributed by atoms with Crippen LogP contribution in [-0.2, 0) is 0 Å². The van der Waals surface area contributed by atoms with Gasteiger partial charge in [-0.1, -0.05) is 19.8 Å². The van der Waals surface area contributed by atoms with Crippen molar-refractivity contribution in [2.45, 2.75) is 90.3 Å². The Hall–Kier alpha value is -0.520. The minimum Gasteiger partial charge on any atom is -0.393 e. The van der Waals surface area contributed by atoms with Gasteiger partial charge in [0.15, 0.2) is 0 Å². The first-order chi connectivity index (χ1) is 11.7. The second-order valence-corrected chi connectivity index (χ2v) is 10.5. The molecule has 0 heterocycles. The highest BCUT2D eigenvalue weighted by Gasteiger charge is 2.61. The smallest absolute Gasteiger partial charge is 0.125 e. The summed E-state index contributed by atoms with van der Waals surface area (Å²) in [5, 5.41) is 21.0. The van der Waals surface area contributed by atoms with Crippen molar-refractivity contribution in [3.05, 3.63) is 0 Å². The lowest BCUT2D eigenvalue weighted by Crippen LogP contribution is -2.56. The zero-order valence-electron chi connectivity index (χ0n) is 16.3. The minimum absolute atomic E-state index is 0.168. The molecule has 25 heavy (non-hydrogen) atoms. The molecule has 1 unspecified atom stereocenters. The first kappa shape index (κ1) is 17.9. The van der Waals surface area contributed by atoms with Gasteiger partial charge in [0.25, 0.3) is 0 Å². The molecular weight excluding hydrogens is 308 g/mol. The Morgan fingerprint density at radius 1 is 0.960 bits per heavy atom. The largest absolute Gasteiger partial charge is 0.393 e. The van der Waals surface area contributed by atoms with Crippen molar-refractivity contribution >= 4 is 0 Å². The maximum atomic E-state index is 10.7. The minimum atomic E-state index is -0.856. The van der Waals surface area contributed by atoms with E-state index in [-0.39, 0.29) is 6.10 Å². The van der Waals surface area contributed by atoms with Gasteiger partial charge < -0.3 is 10.2 Å². The third kappa shape index (κ3) is 2.45. The molecule has 0 amide bonds. The number of hydrogen-bond acceptors (Lipinski definition) is 2. The zero-order chi connectivity index (χ0) is 18.0. The van der Waals surface area contributed by atoms with E-state index in [1.165, 1.54) is 38.5 Å². The van der Waals surface area contributed by atoms with Crippen LogP contribution in [0.5, 0.6) is 0 Å². The predicted molar refractivity (Wildman–Crippen MR) is 101 cm³/mol. The molecule has 9 atom stereocenters. The van der Waals surface area contributed by atoms with Crippen molar-refractivity contribution in [1.82, 2.24) is 0 Å². The van der Waals surface area contributed by atoms with Crippen molar-refractivity contribution in [2.24, 2.45) is 40.4 Å². The summed E-state index contributed by atoms with van der Waals surface area (Å²) in [6.07, 6.45) is 15.8. The molecule has 4 saturated carbocycles. The summed E-state index contributed by atoms with van der Waals surface area (Å²) in [5.74, 6) is 6.16. The molecule has 0 saturated heterocycles. The molecule has 2 nitrogen and oxygen atoms in total. The van der Waals surface area contributed by atoms with E-state index < -0.39 is 5.60 Å². The highest BCUT2D eigenvalue weighted by Crippen LogP contribution is 2.68. The Morgan fingerprint density at radius 2 is 1.68 bits per heavy atom. The summed E-state index contributed by atoms with van der Waals surface area (Å²) < 4.78 is 0. The molecule has 0 aromatic rings. The number of terminal acetylenes is 1. The molecule has 0 bridgehead atoms. The number of aliphatic hydroxyl groups excluding tert-OH is 1. The molecule has 2 N–H and O–H groups in total. The molecule has 4 rings (SSSR count). The van der Waals surface area contributed by atoms with Crippen molar-refractivity contribution < 1.29 is 10.2 Å². The number of aliphatic hydroxyl groups is 2. The molecule has 4 fully saturated rings. The Bertz CT molecular complexity index is 577. The topological polar surface area (TPSA) is 40.5 Å². The summed E-state index contributed by atoms with van der Waals surface area (Å²) in [6, 6.07) is 0. The highest BCUT2D eigenvalue weighted by atomic mass is 16.3. The van der Waals surface area contributed by atoms with E-state index in [4.69, 9.17) is 6.42 Å². The summed E-state index contributed by atoms with van der Waals surface area (Å²) in [5.41, 5.74) is -0.159. The second kappa shape index (κ2) is 5.74. The summed E-state index contributed by atoms with van der Waals surface area (Å²) in [4.78, 5) is 0. The Labute approximate surface area is 153 Å². The quantitative estimate of drug-likeness (QED) is 0.693. The average Bonchev–Trinajstić information content (AvgIpc) is 2.93. The monoisotopic (exact) mass is 344 g/mol. The number of rotatable bonds is 1. The van der Waals surface area contributed by atoms with Gasteiger partial charge in [0.1, 0.15) is 5.60 Å². The molecule has 4 aliphatic carbocycles. The van der Waals surface area contributed by atoms with Crippen LogP contribution in [0, 0.1) is 52.8 Å². The maximum absolute atomic E-state index is 10.7. The molecule has 2 heteroatoms. The third-order valence-electron chi connectivity index (χ3n) is 9.65. The molecule has 0 aliphatic heterocycles. The van der Waals surface area contributed by atoms with E-state index >= 15 is 0 Å². The average molecular weight is 345 g/mol. The summed E-state index contributed by atoms with van der Waals surface area (Å²) >= 11 is 0. The fourth-order valence-corrected chi connectivity index (χ4v) is 8.21. The van der Waals surface area contributed by atoms with Crippen LogP contribution in [0.25, 0.3) is 0 Å². The predicted octanol–water partition coefficient (Wildman–Crippen LogP) is 4.39. The molecule has 4 aliphatic rings. The van der Waals surface area contributed by atoms with Crippen LogP contribution in [0.2, 0.25) is 0 Å². The van der Waals surface area contributed by atoms with Crippen molar-refractivity contribution in [3.8, 4) is 12.3 Å². The van der Waals surface area contributed by atoms with Gasteiger partial charge in [0.2, 0.25) is 0 Å². The van der Waals surface area contributed by atoms with Gasteiger partial charge in [0, 0.05) is 0 Å². The SMILES string of the molecule is C#C[C@@]1(O)CC[C@@]2(C)[C@H](CC[C@@H]3[C@@H]2CC[C@]2(C)[C@@H](C(C)O)CC[C@@H]32)C1. The lowest BCUT2D eigenvalue weighted by atomic mass is 9.44. The molecule has 0 aromatic carbocycles. The third-order valence-corrected chi connectivity index (χ3v) is 9.65. The van der Waals surface area contributed by atoms with Crippen molar-refractivity contribution in [3.63, 3.8) is 0 Å². The van der Waals surface area contributed by atoms with E-state index in [0.717, 1.165) is 37.0 Å². The van der Waals surface area contributed by atoms with Gasteiger partial charge in [-0.2, -0.15) is 0 Å². The Kier molecular flexibility index (Phi) is 4.10. The van der Waals surface area contributed by atoms with Crippen LogP contribution < -0.4 is 0 Å².